The van der Waals surface area contributed by atoms with Crippen LogP contribution in [0.15, 0.2) is 47.6 Å². The molecular weight excluding hydrogens is 440 g/mol. The highest BCUT2D eigenvalue weighted by molar-refractivity contribution is 6.09. The van der Waals surface area contributed by atoms with Gasteiger partial charge in [-0.15, -0.1) is 0 Å². The topological polar surface area (TPSA) is 86.7 Å². The number of pyridine rings is 1. The third-order valence-electron chi connectivity index (χ3n) is 6.57. The van der Waals surface area contributed by atoms with Crippen molar-refractivity contribution in [2.45, 2.75) is 38.1 Å². The maximum absolute atomic E-state index is 13.8. The summed E-state index contributed by atoms with van der Waals surface area (Å²) in [6, 6.07) is 7.99. The Bertz CT molecular complexity index is 1050. The lowest BCUT2D eigenvalue weighted by Gasteiger charge is -2.32. The van der Waals surface area contributed by atoms with Gasteiger partial charge in [-0.05, 0) is 75.6 Å². The van der Waals surface area contributed by atoms with Gasteiger partial charge in [-0.1, -0.05) is 12.1 Å². The third-order valence-corrected chi connectivity index (χ3v) is 6.57. The zero-order valence-corrected chi connectivity index (χ0v) is 19.1. The minimum atomic E-state index is -1.03. The van der Waals surface area contributed by atoms with Crippen LogP contribution >= 0.6 is 0 Å². The number of carbonyl (C=O) groups excluding carboxylic acids is 2. The van der Waals surface area contributed by atoms with Crippen LogP contribution in [0, 0.1) is 17.6 Å². The maximum atomic E-state index is 13.8. The Morgan fingerprint density at radius 2 is 1.97 bits per heavy atom. The standard InChI is InChI=1S/C25H29F2N5O2/c1-16-22(23(31-25(34)30-16)18-6-7-19(26)20(27)15-18)24(33)29-11-4-12-32-13-8-17(9-14-32)21-5-2-3-10-28-21/h2-3,5-7,10,15,17,22-23H,4,8-9,11-14H2,1H3,(H,29,33)(H,31,34)/t22?,23-/m1/s1. The van der Waals surface area contributed by atoms with E-state index < -0.39 is 29.6 Å². The van der Waals surface area contributed by atoms with Gasteiger partial charge >= 0.3 is 6.03 Å². The van der Waals surface area contributed by atoms with Crippen molar-refractivity contribution in [1.29, 1.82) is 0 Å². The Balaban J connectivity index is 1.28. The predicted octanol–water partition coefficient (Wildman–Crippen LogP) is 3.59. The van der Waals surface area contributed by atoms with Crippen molar-refractivity contribution in [3.8, 4) is 0 Å². The number of carbonyl (C=O) groups is 2. The summed E-state index contributed by atoms with van der Waals surface area (Å²) >= 11 is 0. The molecule has 2 aromatic rings. The third kappa shape index (κ3) is 5.64. The summed E-state index contributed by atoms with van der Waals surface area (Å²) in [5, 5.41) is 5.53. The molecule has 2 aliphatic heterocycles. The Morgan fingerprint density at radius 1 is 1.18 bits per heavy atom. The van der Waals surface area contributed by atoms with E-state index in [1.54, 1.807) is 6.92 Å². The number of nitrogens with zero attached hydrogens (tertiary/aromatic N) is 3. The van der Waals surface area contributed by atoms with Crippen LogP contribution in [0.5, 0.6) is 0 Å². The van der Waals surface area contributed by atoms with Crippen LogP contribution in [0.2, 0.25) is 0 Å². The van der Waals surface area contributed by atoms with E-state index in [1.807, 2.05) is 18.3 Å². The molecule has 9 heteroatoms. The van der Waals surface area contributed by atoms with Crippen LogP contribution in [0.4, 0.5) is 13.6 Å². The molecule has 1 unspecified atom stereocenters. The number of likely N-dealkylation sites (tertiary alicyclic amines) is 1. The van der Waals surface area contributed by atoms with Gasteiger partial charge in [0.05, 0.1) is 6.04 Å². The molecule has 3 heterocycles. The molecule has 0 saturated carbocycles. The molecule has 2 N–H and O–H groups in total. The summed E-state index contributed by atoms with van der Waals surface area (Å²) in [4.78, 5) is 35.6. The highest BCUT2D eigenvalue weighted by Gasteiger charge is 2.37. The number of nitrogens with one attached hydrogen (secondary N) is 2. The molecule has 180 valence electrons. The Hall–Kier alpha value is -3.20. The second-order valence-electron chi connectivity index (χ2n) is 8.85. The van der Waals surface area contributed by atoms with Crippen molar-refractivity contribution in [2.24, 2.45) is 10.9 Å². The van der Waals surface area contributed by atoms with Gasteiger partial charge in [0.2, 0.25) is 5.91 Å². The number of urea groups is 1. The molecule has 2 aliphatic rings. The van der Waals surface area contributed by atoms with Gasteiger partial charge in [0, 0.05) is 30.1 Å². The summed E-state index contributed by atoms with van der Waals surface area (Å²) in [5.41, 5.74) is 1.81. The predicted molar refractivity (Wildman–Crippen MR) is 125 cm³/mol. The van der Waals surface area contributed by atoms with Gasteiger partial charge in [0.25, 0.3) is 0 Å². The monoisotopic (exact) mass is 469 g/mol. The summed E-state index contributed by atoms with van der Waals surface area (Å²) in [6.45, 7) is 4.93. The van der Waals surface area contributed by atoms with Crippen molar-refractivity contribution in [2.75, 3.05) is 26.2 Å². The fourth-order valence-corrected chi connectivity index (χ4v) is 4.74. The maximum Gasteiger partial charge on any atom is 0.341 e. The molecule has 0 radical (unpaired) electrons. The van der Waals surface area contributed by atoms with Crippen LogP contribution in [0.3, 0.4) is 0 Å². The number of rotatable bonds is 7. The van der Waals surface area contributed by atoms with Crippen molar-refractivity contribution < 1.29 is 18.4 Å². The van der Waals surface area contributed by atoms with E-state index in [2.05, 4.69) is 31.6 Å². The van der Waals surface area contributed by atoms with Gasteiger partial charge in [0.15, 0.2) is 11.6 Å². The van der Waals surface area contributed by atoms with E-state index in [9.17, 15) is 18.4 Å². The fourth-order valence-electron chi connectivity index (χ4n) is 4.74. The SMILES string of the molecule is CC1=NC(=O)N[C@H](c2ccc(F)c(F)c2)C1C(=O)NCCCN1CCC(c2ccccn2)CC1. The lowest BCUT2D eigenvalue weighted by molar-refractivity contribution is -0.123. The fraction of sp³-hybridized carbons (Fsp3) is 0.440. The van der Waals surface area contributed by atoms with E-state index in [0.717, 1.165) is 56.7 Å². The number of benzene rings is 1. The molecule has 7 nitrogen and oxygen atoms in total. The number of piperidine rings is 1. The molecular formula is C25H29F2N5O2. The lowest BCUT2D eigenvalue weighted by Crippen LogP contribution is -2.48. The number of aliphatic imine (C=N–C) groups is 1. The molecule has 0 spiro atoms. The van der Waals surface area contributed by atoms with Gasteiger partial charge in [-0.2, -0.15) is 0 Å². The molecule has 0 aliphatic carbocycles. The van der Waals surface area contributed by atoms with E-state index in [0.29, 0.717) is 23.7 Å². The minimum absolute atomic E-state index is 0.301. The zero-order valence-electron chi connectivity index (χ0n) is 19.1. The molecule has 0 bridgehead atoms. The van der Waals surface area contributed by atoms with Crippen LogP contribution in [0.25, 0.3) is 0 Å². The molecule has 34 heavy (non-hydrogen) atoms. The zero-order chi connectivity index (χ0) is 24.1. The highest BCUT2D eigenvalue weighted by Crippen LogP contribution is 2.29. The van der Waals surface area contributed by atoms with Crippen molar-refractivity contribution in [1.82, 2.24) is 20.5 Å². The van der Waals surface area contributed by atoms with Gasteiger partial charge in [-0.25, -0.2) is 18.6 Å². The smallest absolute Gasteiger partial charge is 0.341 e. The second-order valence-corrected chi connectivity index (χ2v) is 8.85. The second kappa shape index (κ2) is 10.8. The number of halogens is 2. The normalized spacial score (nSPS) is 21.6. The van der Waals surface area contributed by atoms with Gasteiger partial charge < -0.3 is 15.5 Å². The Labute approximate surface area is 197 Å². The van der Waals surface area contributed by atoms with E-state index >= 15 is 0 Å². The summed E-state index contributed by atoms with van der Waals surface area (Å²) in [6.07, 6.45) is 4.75. The van der Waals surface area contributed by atoms with E-state index in [-0.39, 0.29) is 5.91 Å². The molecule has 1 saturated heterocycles. The summed E-state index contributed by atoms with van der Waals surface area (Å²) in [7, 11) is 0. The first-order valence-electron chi connectivity index (χ1n) is 11.6. The van der Waals surface area contributed by atoms with Crippen LogP contribution < -0.4 is 10.6 Å². The molecule has 2 atom stereocenters. The van der Waals surface area contributed by atoms with Gasteiger partial charge in [-0.3, -0.25) is 9.78 Å². The molecule has 1 fully saturated rings. The largest absolute Gasteiger partial charge is 0.355 e. The number of amides is 3. The average molecular weight is 470 g/mol. The minimum Gasteiger partial charge on any atom is -0.355 e. The molecule has 3 amide bonds. The number of aromatic nitrogens is 1. The molecule has 4 rings (SSSR count). The van der Waals surface area contributed by atoms with Gasteiger partial charge in [0.1, 0.15) is 5.92 Å². The van der Waals surface area contributed by atoms with Crippen molar-refractivity contribution in [3.63, 3.8) is 0 Å². The van der Waals surface area contributed by atoms with Crippen LogP contribution in [-0.2, 0) is 4.79 Å². The Morgan fingerprint density at radius 3 is 2.68 bits per heavy atom. The lowest BCUT2D eigenvalue weighted by atomic mass is 9.87. The summed E-state index contributed by atoms with van der Waals surface area (Å²) in [5.74, 6) is -2.62. The van der Waals surface area contributed by atoms with E-state index in [4.69, 9.17) is 0 Å². The summed E-state index contributed by atoms with van der Waals surface area (Å²) < 4.78 is 27.1. The van der Waals surface area contributed by atoms with E-state index in [1.165, 1.54) is 6.07 Å². The Kier molecular flexibility index (Phi) is 7.62. The first-order chi connectivity index (χ1) is 16.4. The average Bonchev–Trinajstić information content (AvgIpc) is 2.84. The molecule has 1 aromatic heterocycles. The molecule has 1 aromatic carbocycles. The van der Waals surface area contributed by atoms with Crippen LogP contribution in [-0.4, -0.2) is 53.7 Å². The van der Waals surface area contributed by atoms with Crippen molar-refractivity contribution in [3.05, 3.63) is 65.5 Å². The highest BCUT2D eigenvalue weighted by atomic mass is 19.2. The first-order valence-corrected chi connectivity index (χ1v) is 11.6. The van der Waals surface area contributed by atoms with Crippen molar-refractivity contribution >= 4 is 17.6 Å². The van der Waals surface area contributed by atoms with Crippen LogP contribution in [0.1, 0.15) is 49.4 Å². The first kappa shape index (κ1) is 23.9. The number of hydrogen-bond donors (Lipinski definition) is 2. The quantitative estimate of drug-likeness (QED) is 0.607. The number of hydrogen-bond acceptors (Lipinski definition) is 4.